The number of unbranched alkanes of at least 4 members (excludes halogenated alkanes) is 2. The van der Waals surface area contributed by atoms with Gasteiger partial charge in [-0.05, 0) is 44.2 Å². The average molecular weight is 351 g/mol. The summed E-state index contributed by atoms with van der Waals surface area (Å²) < 4.78 is 0. The van der Waals surface area contributed by atoms with Gasteiger partial charge >= 0.3 is 0 Å². The van der Waals surface area contributed by atoms with Crippen molar-refractivity contribution in [1.82, 2.24) is 10.2 Å². The van der Waals surface area contributed by atoms with Crippen LogP contribution in [-0.2, 0) is 11.2 Å². The van der Waals surface area contributed by atoms with Crippen LogP contribution in [0.15, 0.2) is 6.07 Å². The van der Waals surface area contributed by atoms with Gasteiger partial charge in [0.2, 0.25) is 5.91 Å². The molecule has 1 saturated heterocycles. The summed E-state index contributed by atoms with van der Waals surface area (Å²) in [6, 6.07) is 2.04. The Bertz CT molecular complexity index is 560. The number of amides is 2. The summed E-state index contributed by atoms with van der Waals surface area (Å²) in [5, 5.41) is 3.04. The van der Waals surface area contributed by atoms with Gasteiger partial charge in [-0.25, -0.2) is 0 Å². The lowest BCUT2D eigenvalue weighted by Gasteiger charge is -2.31. The molecule has 2 rings (SSSR count). The molecule has 0 bridgehead atoms. The lowest BCUT2D eigenvalue weighted by atomic mass is 9.95. The van der Waals surface area contributed by atoms with E-state index in [2.05, 4.69) is 26.1 Å². The Morgan fingerprint density at radius 1 is 1.25 bits per heavy atom. The minimum Gasteiger partial charge on any atom is -0.356 e. The second-order valence-corrected chi connectivity index (χ2v) is 7.87. The smallest absolute Gasteiger partial charge is 0.263 e. The molecule has 0 aliphatic carbocycles. The molecular formula is C19H30N2O2S. The van der Waals surface area contributed by atoms with Crippen LogP contribution in [0.2, 0.25) is 0 Å². The molecule has 0 atom stereocenters. The lowest BCUT2D eigenvalue weighted by molar-refractivity contribution is -0.126. The molecule has 5 heteroatoms. The summed E-state index contributed by atoms with van der Waals surface area (Å²) in [5.74, 6) is 0.356. The molecule has 1 fully saturated rings. The van der Waals surface area contributed by atoms with E-state index in [4.69, 9.17) is 0 Å². The highest BCUT2D eigenvalue weighted by Gasteiger charge is 2.28. The largest absolute Gasteiger partial charge is 0.356 e. The van der Waals surface area contributed by atoms with E-state index in [1.807, 2.05) is 11.0 Å². The number of carbonyl (C=O) groups excluding carboxylic acids is 2. The van der Waals surface area contributed by atoms with E-state index in [1.54, 1.807) is 11.3 Å². The Hall–Kier alpha value is -1.36. The van der Waals surface area contributed by atoms with Gasteiger partial charge in [0.1, 0.15) is 0 Å². The number of hydrogen-bond donors (Lipinski definition) is 1. The van der Waals surface area contributed by atoms with E-state index in [9.17, 15) is 9.59 Å². The molecule has 0 aromatic carbocycles. The SMILES string of the molecule is CCCCCNC(=O)C1CCN(C(=O)c2cc(CC)c(C)s2)CC1. The van der Waals surface area contributed by atoms with Crippen LogP contribution in [-0.4, -0.2) is 36.3 Å². The highest BCUT2D eigenvalue weighted by atomic mass is 32.1. The molecule has 0 radical (unpaired) electrons. The van der Waals surface area contributed by atoms with Crippen molar-refractivity contribution in [2.24, 2.45) is 5.92 Å². The number of piperidine rings is 1. The Morgan fingerprint density at radius 2 is 1.96 bits per heavy atom. The molecule has 0 unspecified atom stereocenters. The van der Waals surface area contributed by atoms with Crippen LogP contribution in [0, 0.1) is 12.8 Å². The van der Waals surface area contributed by atoms with Crippen molar-refractivity contribution in [3.63, 3.8) is 0 Å². The van der Waals surface area contributed by atoms with Gasteiger partial charge in [-0.15, -0.1) is 11.3 Å². The second-order valence-electron chi connectivity index (χ2n) is 6.61. The quantitative estimate of drug-likeness (QED) is 0.761. The van der Waals surface area contributed by atoms with Crippen LogP contribution in [0.1, 0.15) is 66.1 Å². The summed E-state index contributed by atoms with van der Waals surface area (Å²) in [6.07, 6.45) is 5.89. The standard InChI is InChI=1S/C19H30N2O2S/c1-4-6-7-10-20-18(22)16-8-11-21(12-9-16)19(23)17-13-15(5-2)14(3)24-17/h13,16H,4-12H2,1-3H3,(H,20,22). The van der Waals surface area contributed by atoms with Crippen LogP contribution in [0.25, 0.3) is 0 Å². The molecule has 1 aromatic heterocycles. The Kier molecular flexibility index (Phi) is 7.28. The first-order chi connectivity index (χ1) is 11.6. The topological polar surface area (TPSA) is 49.4 Å². The molecule has 1 aliphatic rings. The van der Waals surface area contributed by atoms with Gasteiger partial charge in [0.15, 0.2) is 0 Å². The number of aryl methyl sites for hydroxylation is 2. The van der Waals surface area contributed by atoms with Crippen LogP contribution < -0.4 is 5.32 Å². The molecule has 1 N–H and O–H groups in total. The zero-order valence-electron chi connectivity index (χ0n) is 15.2. The fourth-order valence-electron chi connectivity index (χ4n) is 3.21. The number of likely N-dealkylation sites (tertiary alicyclic amines) is 1. The van der Waals surface area contributed by atoms with E-state index in [-0.39, 0.29) is 17.7 Å². The second kappa shape index (κ2) is 9.21. The molecular weight excluding hydrogens is 320 g/mol. The average Bonchev–Trinajstić information content (AvgIpc) is 2.99. The van der Waals surface area contributed by atoms with Crippen molar-refractivity contribution in [3.8, 4) is 0 Å². The monoisotopic (exact) mass is 350 g/mol. The van der Waals surface area contributed by atoms with Gasteiger partial charge in [0.05, 0.1) is 4.88 Å². The molecule has 1 aliphatic heterocycles. The zero-order chi connectivity index (χ0) is 17.5. The summed E-state index contributed by atoms with van der Waals surface area (Å²) >= 11 is 1.59. The van der Waals surface area contributed by atoms with Crippen LogP contribution in [0.3, 0.4) is 0 Å². The summed E-state index contributed by atoms with van der Waals surface area (Å²) in [6.45, 7) is 8.51. The maximum Gasteiger partial charge on any atom is 0.263 e. The van der Waals surface area contributed by atoms with Crippen molar-refractivity contribution >= 4 is 23.2 Å². The summed E-state index contributed by atoms with van der Waals surface area (Å²) in [7, 11) is 0. The third kappa shape index (κ3) is 4.82. The first-order valence-corrected chi connectivity index (χ1v) is 10.0. The Labute approximate surface area is 149 Å². The van der Waals surface area contributed by atoms with Crippen LogP contribution in [0.5, 0.6) is 0 Å². The van der Waals surface area contributed by atoms with Gasteiger partial charge in [0, 0.05) is 30.4 Å². The highest BCUT2D eigenvalue weighted by Crippen LogP contribution is 2.25. The number of hydrogen-bond acceptors (Lipinski definition) is 3. The summed E-state index contributed by atoms with van der Waals surface area (Å²) in [5.41, 5.74) is 1.27. The summed E-state index contributed by atoms with van der Waals surface area (Å²) in [4.78, 5) is 28.8. The molecule has 24 heavy (non-hydrogen) atoms. The molecule has 1 aromatic rings. The lowest BCUT2D eigenvalue weighted by Crippen LogP contribution is -2.43. The van der Waals surface area contributed by atoms with Crippen molar-refractivity contribution < 1.29 is 9.59 Å². The molecule has 0 saturated carbocycles. The van der Waals surface area contributed by atoms with Gasteiger partial charge in [-0.2, -0.15) is 0 Å². The molecule has 2 heterocycles. The van der Waals surface area contributed by atoms with Crippen LogP contribution in [0.4, 0.5) is 0 Å². The number of nitrogens with one attached hydrogen (secondary N) is 1. The number of thiophene rings is 1. The van der Waals surface area contributed by atoms with Crippen molar-refractivity contribution in [2.45, 2.75) is 59.3 Å². The Balaban J connectivity index is 1.81. The minimum absolute atomic E-state index is 0.0620. The first kappa shape index (κ1) is 19.0. The van der Waals surface area contributed by atoms with E-state index in [0.717, 1.165) is 49.9 Å². The fourth-order valence-corrected chi connectivity index (χ4v) is 4.29. The predicted octanol–water partition coefficient (Wildman–Crippen LogP) is 3.78. The zero-order valence-corrected chi connectivity index (χ0v) is 16.0. The van der Waals surface area contributed by atoms with E-state index in [1.165, 1.54) is 10.4 Å². The number of rotatable bonds is 7. The third-order valence-corrected chi connectivity index (χ3v) is 5.93. The van der Waals surface area contributed by atoms with Crippen LogP contribution >= 0.6 is 11.3 Å². The first-order valence-electron chi connectivity index (χ1n) is 9.23. The van der Waals surface area contributed by atoms with Gasteiger partial charge < -0.3 is 10.2 Å². The fraction of sp³-hybridized carbons (Fsp3) is 0.684. The molecule has 134 valence electrons. The molecule has 0 spiro atoms. The van der Waals surface area contributed by atoms with Gasteiger partial charge in [-0.3, -0.25) is 9.59 Å². The highest BCUT2D eigenvalue weighted by molar-refractivity contribution is 7.14. The molecule has 4 nitrogen and oxygen atoms in total. The van der Waals surface area contributed by atoms with Gasteiger partial charge in [-0.1, -0.05) is 26.7 Å². The third-order valence-electron chi connectivity index (χ3n) is 4.84. The number of nitrogens with zero attached hydrogens (tertiary/aromatic N) is 1. The maximum absolute atomic E-state index is 12.6. The van der Waals surface area contributed by atoms with Gasteiger partial charge in [0.25, 0.3) is 5.91 Å². The van der Waals surface area contributed by atoms with Crippen molar-refractivity contribution in [3.05, 3.63) is 21.4 Å². The van der Waals surface area contributed by atoms with E-state index < -0.39 is 0 Å². The van der Waals surface area contributed by atoms with Crippen molar-refractivity contribution in [1.29, 1.82) is 0 Å². The Morgan fingerprint density at radius 3 is 2.54 bits per heavy atom. The van der Waals surface area contributed by atoms with Crippen molar-refractivity contribution in [2.75, 3.05) is 19.6 Å². The van der Waals surface area contributed by atoms with E-state index >= 15 is 0 Å². The number of carbonyl (C=O) groups is 2. The minimum atomic E-state index is 0.0620. The maximum atomic E-state index is 12.6. The molecule has 2 amide bonds. The van der Waals surface area contributed by atoms with E-state index in [0.29, 0.717) is 13.1 Å². The normalized spacial score (nSPS) is 15.5. The predicted molar refractivity (Wildman–Crippen MR) is 99.6 cm³/mol.